The first kappa shape index (κ1) is 11.8. The number of carbonyl (C=O) groups is 1. The molecule has 1 aromatic rings. The Hall–Kier alpha value is -1.16. The van der Waals surface area contributed by atoms with Gasteiger partial charge in [-0.05, 0) is 12.1 Å². The van der Waals surface area contributed by atoms with Crippen LogP contribution in [-0.2, 0) is 0 Å². The van der Waals surface area contributed by atoms with Crippen LogP contribution in [0.5, 0.6) is 0 Å². The van der Waals surface area contributed by atoms with Crippen molar-refractivity contribution in [2.24, 2.45) is 0 Å². The number of amides is 1. The van der Waals surface area contributed by atoms with Crippen molar-refractivity contribution in [3.05, 3.63) is 23.0 Å². The van der Waals surface area contributed by atoms with Crippen molar-refractivity contribution < 1.29 is 4.79 Å². The monoisotopic (exact) mass is 201 g/mol. The average Bonchev–Trinajstić information content (AvgIpc) is 2.21. The second kappa shape index (κ2) is 6.37. The number of hydrogen-bond donors (Lipinski definition) is 1. The number of nitrogens with zero attached hydrogens (tertiary/aromatic N) is 2. The number of aromatic nitrogens is 2. The zero-order valence-corrected chi connectivity index (χ0v) is 8.59. The van der Waals surface area contributed by atoms with Crippen LogP contribution in [0.25, 0.3) is 0 Å². The molecule has 1 N–H and O–H groups in total. The Labute approximate surface area is 82.3 Å². The number of rotatable bonds is 1. The van der Waals surface area contributed by atoms with Gasteiger partial charge in [-0.3, -0.25) is 4.79 Å². The highest BCUT2D eigenvalue weighted by molar-refractivity contribution is 6.29. The molecule has 0 saturated carbocycles. The Morgan fingerprint density at radius 1 is 1.38 bits per heavy atom. The predicted octanol–water partition coefficient (Wildman–Crippen LogP) is 1.52. The van der Waals surface area contributed by atoms with Gasteiger partial charge in [0.1, 0.15) is 0 Å². The summed E-state index contributed by atoms with van der Waals surface area (Å²) in [7, 11) is 1.53. The van der Waals surface area contributed by atoms with Gasteiger partial charge in [0, 0.05) is 7.05 Å². The van der Waals surface area contributed by atoms with Gasteiger partial charge in [-0.2, -0.15) is 0 Å². The number of nitrogens with one attached hydrogen (secondary N) is 1. The zero-order valence-electron chi connectivity index (χ0n) is 7.84. The lowest BCUT2D eigenvalue weighted by Gasteiger charge is -1.95. The molecule has 0 unspecified atom stereocenters. The van der Waals surface area contributed by atoms with E-state index in [0.29, 0.717) is 0 Å². The molecule has 4 nitrogen and oxygen atoms in total. The van der Waals surface area contributed by atoms with Crippen molar-refractivity contribution in [2.45, 2.75) is 13.8 Å². The van der Waals surface area contributed by atoms with Gasteiger partial charge in [-0.15, -0.1) is 10.2 Å². The SMILES string of the molecule is CC.CNC(=O)c1ccc(Cl)nn1. The third-order valence-electron chi connectivity index (χ3n) is 1.09. The number of carbonyl (C=O) groups excluding carboxylic acids is 1. The molecule has 0 atom stereocenters. The Kier molecular flexibility index (Phi) is 5.80. The summed E-state index contributed by atoms with van der Waals surface area (Å²) in [5, 5.41) is 9.75. The number of hydrogen-bond acceptors (Lipinski definition) is 3. The molecule has 1 amide bonds. The fourth-order valence-corrected chi connectivity index (χ4v) is 0.666. The Morgan fingerprint density at radius 3 is 2.38 bits per heavy atom. The first-order valence-electron chi connectivity index (χ1n) is 3.95. The molecule has 0 aliphatic heterocycles. The fraction of sp³-hybridized carbons (Fsp3) is 0.375. The third-order valence-corrected chi connectivity index (χ3v) is 1.29. The molecule has 0 saturated heterocycles. The molecular formula is C8H12ClN3O. The van der Waals surface area contributed by atoms with E-state index in [1.54, 1.807) is 0 Å². The highest BCUT2D eigenvalue weighted by Gasteiger charge is 2.03. The smallest absolute Gasteiger partial charge is 0.271 e. The quantitative estimate of drug-likeness (QED) is 0.750. The van der Waals surface area contributed by atoms with Crippen LogP contribution in [0.4, 0.5) is 0 Å². The molecule has 0 aromatic carbocycles. The van der Waals surface area contributed by atoms with Crippen LogP contribution < -0.4 is 5.32 Å². The second-order valence-electron chi connectivity index (χ2n) is 1.82. The van der Waals surface area contributed by atoms with E-state index < -0.39 is 0 Å². The van der Waals surface area contributed by atoms with Crippen LogP contribution in [0.2, 0.25) is 5.15 Å². The zero-order chi connectivity index (χ0) is 10.3. The van der Waals surface area contributed by atoms with Gasteiger partial charge in [-0.1, -0.05) is 25.4 Å². The molecule has 0 radical (unpaired) electrons. The maximum Gasteiger partial charge on any atom is 0.271 e. The molecule has 13 heavy (non-hydrogen) atoms. The van der Waals surface area contributed by atoms with Crippen LogP contribution in [0.15, 0.2) is 12.1 Å². The molecule has 5 heteroatoms. The van der Waals surface area contributed by atoms with Gasteiger partial charge >= 0.3 is 0 Å². The summed E-state index contributed by atoms with van der Waals surface area (Å²) in [4.78, 5) is 10.9. The van der Waals surface area contributed by atoms with Crippen LogP contribution in [0.3, 0.4) is 0 Å². The van der Waals surface area contributed by atoms with E-state index in [2.05, 4.69) is 15.5 Å². The van der Waals surface area contributed by atoms with Crippen LogP contribution in [0, 0.1) is 0 Å². The van der Waals surface area contributed by atoms with Gasteiger partial charge < -0.3 is 5.32 Å². The molecular weight excluding hydrogens is 190 g/mol. The minimum atomic E-state index is -0.269. The maximum atomic E-state index is 10.9. The van der Waals surface area contributed by atoms with Gasteiger partial charge in [0.05, 0.1) is 0 Å². The molecule has 1 heterocycles. The van der Waals surface area contributed by atoms with Crippen molar-refractivity contribution in [3.8, 4) is 0 Å². The molecule has 0 aliphatic rings. The van der Waals surface area contributed by atoms with Gasteiger partial charge in [0.15, 0.2) is 10.8 Å². The second-order valence-corrected chi connectivity index (χ2v) is 2.21. The minimum absolute atomic E-state index is 0.261. The van der Waals surface area contributed by atoms with E-state index in [0.717, 1.165) is 0 Å². The van der Waals surface area contributed by atoms with Crippen molar-refractivity contribution >= 4 is 17.5 Å². The fourth-order valence-electron chi connectivity index (χ4n) is 0.565. The normalized spacial score (nSPS) is 8.31. The Bertz CT molecular complexity index is 261. The summed E-state index contributed by atoms with van der Waals surface area (Å²) in [5.41, 5.74) is 0.261. The third kappa shape index (κ3) is 3.85. The minimum Gasteiger partial charge on any atom is -0.354 e. The van der Waals surface area contributed by atoms with E-state index >= 15 is 0 Å². The Balaban J connectivity index is 0.000000671. The van der Waals surface area contributed by atoms with Crippen LogP contribution in [0.1, 0.15) is 24.3 Å². The van der Waals surface area contributed by atoms with Gasteiger partial charge in [0.2, 0.25) is 0 Å². The van der Waals surface area contributed by atoms with E-state index in [4.69, 9.17) is 11.6 Å². The van der Waals surface area contributed by atoms with Crippen molar-refractivity contribution in [3.63, 3.8) is 0 Å². The van der Waals surface area contributed by atoms with Crippen molar-refractivity contribution in [2.75, 3.05) is 7.05 Å². The maximum absolute atomic E-state index is 10.9. The first-order chi connectivity index (χ1) is 6.24. The van der Waals surface area contributed by atoms with E-state index in [9.17, 15) is 4.79 Å². The van der Waals surface area contributed by atoms with Gasteiger partial charge in [-0.25, -0.2) is 0 Å². The van der Waals surface area contributed by atoms with Gasteiger partial charge in [0.25, 0.3) is 5.91 Å². The largest absolute Gasteiger partial charge is 0.354 e. The Morgan fingerprint density at radius 2 is 2.00 bits per heavy atom. The van der Waals surface area contributed by atoms with E-state index in [1.807, 2.05) is 13.8 Å². The highest BCUT2D eigenvalue weighted by atomic mass is 35.5. The molecule has 0 spiro atoms. The van der Waals surface area contributed by atoms with E-state index in [-0.39, 0.29) is 16.8 Å². The summed E-state index contributed by atoms with van der Waals surface area (Å²) >= 11 is 5.45. The molecule has 0 bridgehead atoms. The molecule has 0 aliphatic carbocycles. The highest BCUT2D eigenvalue weighted by Crippen LogP contribution is 2.01. The summed E-state index contributed by atoms with van der Waals surface area (Å²) in [6.07, 6.45) is 0. The molecule has 1 aromatic heterocycles. The van der Waals surface area contributed by atoms with E-state index in [1.165, 1.54) is 19.2 Å². The lowest BCUT2D eigenvalue weighted by atomic mass is 10.4. The van der Waals surface area contributed by atoms with Crippen molar-refractivity contribution in [1.29, 1.82) is 0 Å². The lowest BCUT2D eigenvalue weighted by molar-refractivity contribution is 0.0957. The summed E-state index contributed by atoms with van der Waals surface area (Å²) < 4.78 is 0. The predicted molar refractivity (Wildman–Crippen MR) is 51.8 cm³/mol. The first-order valence-corrected chi connectivity index (χ1v) is 4.33. The summed E-state index contributed by atoms with van der Waals surface area (Å²) in [6, 6.07) is 3.02. The summed E-state index contributed by atoms with van der Waals surface area (Å²) in [5.74, 6) is -0.269. The van der Waals surface area contributed by atoms with Crippen molar-refractivity contribution in [1.82, 2.24) is 15.5 Å². The standard InChI is InChI=1S/C6H6ClN3O.C2H6/c1-8-6(11)4-2-3-5(7)10-9-4;1-2/h2-3H,1H3,(H,8,11);1-2H3. The molecule has 1 rings (SSSR count). The lowest BCUT2D eigenvalue weighted by Crippen LogP contribution is -2.19. The molecule has 0 fully saturated rings. The topological polar surface area (TPSA) is 54.9 Å². The summed E-state index contributed by atoms with van der Waals surface area (Å²) in [6.45, 7) is 4.00. The molecule has 72 valence electrons. The van der Waals surface area contributed by atoms with Crippen LogP contribution >= 0.6 is 11.6 Å². The number of halogens is 1. The average molecular weight is 202 g/mol. The van der Waals surface area contributed by atoms with Crippen LogP contribution in [-0.4, -0.2) is 23.2 Å².